The van der Waals surface area contributed by atoms with Gasteiger partial charge in [-0.25, -0.2) is 0 Å². The van der Waals surface area contributed by atoms with Gasteiger partial charge in [0.1, 0.15) is 11.1 Å². The summed E-state index contributed by atoms with van der Waals surface area (Å²) in [5, 5.41) is 21.9. The van der Waals surface area contributed by atoms with Crippen LogP contribution >= 0.6 is 0 Å². The highest BCUT2D eigenvalue weighted by Crippen LogP contribution is 2.46. The maximum atomic E-state index is 13.6. The average Bonchev–Trinajstić information content (AvgIpc) is 3.25. The quantitative estimate of drug-likeness (QED) is 0.498. The standard InChI is InChI=1S/C22H21F6N5O/c1-13(14-6-8-29-17(10-14)21(23,24)25)30-18-15-4-2-3-5-16(15)19(32-31-18)33-9-7-20(11-33,12-34)22(26,27)28/h2-6,8,10,13,34H,7,9,11-12H2,1H3,(H,30,31). The first-order valence-electron chi connectivity index (χ1n) is 10.4. The van der Waals surface area contributed by atoms with Crippen LogP contribution in [-0.4, -0.2) is 46.2 Å². The molecule has 1 aromatic carbocycles. The molecule has 2 aromatic heterocycles. The molecule has 0 aliphatic carbocycles. The predicted molar refractivity (Wildman–Crippen MR) is 113 cm³/mol. The van der Waals surface area contributed by atoms with Crippen molar-refractivity contribution >= 4 is 22.4 Å². The van der Waals surface area contributed by atoms with Gasteiger partial charge < -0.3 is 15.3 Å². The molecule has 3 heterocycles. The number of halogens is 6. The minimum atomic E-state index is -4.58. The number of rotatable bonds is 5. The summed E-state index contributed by atoms with van der Waals surface area (Å²) in [4.78, 5) is 4.81. The zero-order chi connectivity index (χ0) is 24.7. The van der Waals surface area contributed by atoms with Crippen molar-refractivity contribution in [2.45, 2.75) is 31.7 Å². The Labute approximate surface area is 190 Å². The molecule has 4 rings (SSSR count). The van der Waals surface area contributed by atoms with Crippen molar-refractivity contribution in [3.8, 4) is 0 Å². The van der Waals surface area contributed by atoms with E-state index in [2.05, 4.69) is 20.5 Å². The van der Waals surface area contributed by atoms with Gasteiger partial charge in [-0.15, -0.1) is 10.2 Å². The van der Waals surface area contributed by atoms with Gasteiger partial charge in [-0.05, 0) is 31.0 Å². The summed E-state index contributed by atoms with van der Waals surface area (Å²) in [5.41, 5.74) is -2.93. The lowest BCUT2D eigenvalue weighted by Crippen LogP contribution is -2.43. The molecule has 1 saturated heterocycles. The Bertz CT molecular complexity index is 1180. The lowest BCUT2D eigenvalue weighted by molar-refractivity contribution is -0.227. The van der Waals surface area contributed by atoms with E-state index >= 15 is 0 Å². The fraction of sp³-hybridized carbons (Fsp3) is 0.409. The third-order valence-corrected chi connectivity index (χ3v) is 6.15. The van der Waals surface area contributed by atoms with E-state index in [0.717, 1.165) is 12.3 Å². The molecule has 0 amide bonds. The van der Waals surface area contributed by atoms with Gasteiger partial charge in [-0.1, -0.05) is 24.3 Å². The zero-order valence-corrected chi connectivity index (χ0v) is 18.0. The molecule has 0 spiro atoms. The monoisotopic (exact) mass is 485 g/mol. The highest BCUT2D eigenvalue weighted by molar-refractivity contribution is 5.98. The van der Waals surface area contributed by atoms with E-state index in [9.17, 15) is 31.4 Å². The molecule has 0 bridgehead atoms. The average molecular weight is 485 g/mol. The van der Waals surface area contributed by atoms with E-state index < -0.39 is 42.7 Å². The minimum absolute atomic E-state index is 0.0408. The first-order chi connectivity index (χ1) is 15.9. The predicted octanol–water partition coefficient (Wildman–Crippen LogP) is 4.97. The van der Waals surface area contributed by atoms with Gasteiger partial charge in [0.25, 0.3) is 0 Å². The number of fused-ring (bicyclic) bond motifs is 1. The second-order valence-electron chi connectivity index (χ2n) is 8.36. The Hall–Kier alpha value is -3.15. The van der Waals surface area contributed by atoms with Crippen LogP contribution in [0.1, 0.15) is 30.6 Å². The zero-order valence-electron chi connectivity index (χ0n) is 18.0. The topological polar surface area (TPSA) is 74.2 Å². The molecule has 182 valence electrons. The maximum absolute atomic E-state index is 13.6. The molecule has 6 nitrogen and oxygen atoms in total. The van der Waals surface area contributed by atoms with Crippen molar-refractivity contribution in [1.29, 1.82) is 0 Å². The van der Waals surface area contributed by atoms with E-state index in [1.54, 1.807) is 31.2 Å². The molecule has 1 fully saturated rings. The number of anilines is 2. The number of aliphatic hydroxyl groups is 1. The van der Waals surface area contributed by atoms with Crippen LogP contribution in [0, 0.1) is 5.41 Å². The molecule has 2 unspecified atom stereocenters. The van der Waals surface area contributed by atoms with Crippen molar-refractivity contribution in [3.63, 3.8) is 0 Å². The molecular formula is C22H21F6N5O. The van der Waals surface area contributed by atoms with Crippen LogP contribution in [-0.2, 0) is 6.18 Å². The van der Waals surface area contributed by atoms with E-state index in [1.165, 1.54) is 11.0 Å². The number of hydrogen-bond acceptors (Lipinski definition) is 6. The van der Waals surface area contributed by atoms with Crippen molar-refractivity contribution in [2.75, 3.05) is 29.9 Å². The Morgan fingerprint density at radius 1 is 1.09 bits per heavy atom. The van der Waals surface area contributed by atoms with Gasteiger partial charge in [0.15, 0.2) is 11.6 Å². The molecular weight excluding hydrogens is 464 g/mol. The van der Waals surface area contributed by atoms with Gasteiger partial charge in [0.2, 0.25) is 0 Å². The normalized spacial score (nSPS) is 20.1. The summed E-state index contributed by atoms with van der Waals surface area (Å²) in [6.07, 6.45) is -8.36. The molecule has 0 radical (unpaired) electrons. The Balaban J connectivity index is 1.65. The largest absolute Gasteiger partial charge is 0.433 e. The van der Waals surface area contributed by atoms with Gasteiger partial charge in [-0.2, -0.15) is 26.3 Å². The minimum Gasteiger partial charge on any atom is -0.395 e. The summed E-state index contributed by atoms with van der Waals surface area (Å²) in [5.74, 6) is 0.525. The Morgan fingerprint density at radius 3 is 2.41 bits per heavy atom. The van der Waals surface area contributed by atoms with Crippen molar-refractivity contribution in [1.82, 2.24) is 15.2 Å². The number of nitrogens with one attached hydrogen (secondary N) is 1. The Morgan fingerprint density at radius 2 is 1.79 bits per heavy atom. The first kappa shape index (κ1) is 24.0. The molecule has 12 heteroatoms. The van der Waals surface area contributed by atoms with E-state index in [4.69, 9.17) is 0 Å². The number of nitrogens with zero attached hydrogens (tertiary/aromatic N) is 4. The lowest BCUT2D eigenvalue weighted by Gasteiger charge is -2.30. The molecule has 2 atom stereocenters. The summed E-state index contributed by atoms with van der Waals surface area (Å²) >= 11 is 0. The second kappa shape index (κ2) is 8.57. The highest BCUT2D eigenvalue weighted by Gasteiger charge is 2.58. The summed E-state index contributed by atoms with van der Waals surface area (Å²) < 4.78 is 79.8. The summed E-state index contributed by atoms with van der Waals surface area (Å²) in [6, 6.07) is 8.62. The van der Waals surface area contributed by atoms with Crippen LogP contribution in [0.25, 0.3) is 10.8 Å². The van der Waals surface area contributed by atoms with E-state index in [1.807, 2.05) is 0 Å². The third kappa shape index (κ3) is 4.33. The highest BCUT2D eigenvalue weighted by atomic mass is 19.4. The van der Waals surface area contributed by atoms with Gasteiger partial charge >= 0.3 is 12.4 Å². The van der Waals surface area contributed by atoms with Gasteiger partial charge in [0.05, 0.1) is 12.6 Å². The second-order valence-corrected chi connectivity index (χ2v) is 8.36. The number of aliphatic hydroxyl groups excluding tert-OH is 1. The third-order valence-electron chi connectivity index (χ3n) is 6.15. The number of hydrogen-bond donors (Lipinski definition) is 2. The van der Waals surface area contributed by atoms with Crippen LogP contribution in [0.15, 0.2) is 42.6 Å². The Kier molecular flexibility index (Phi) is 6.05. The number of aromatic nitrogens is 3. The van der Waals surface area contributed by atoms with Crippen LogP contribution in [0.2, 0.25) is 0 Å². The van der Waals surface area contributed by atoms with Crippen molar-refractivity contribution in [3.05, 3.63) is 53.9 Å². The van der Waals surface area contributed by atoms with E-state index in [0.29, 0.717) is 16.3 Å². The van der Waals surface area contributed by atoms with Gasteiger partial charge in [-0.3, -0.25) is 4.98 Å². The SMILES string of the molecule is CC(Nc1nnc(N2CCC(CO)(C(F)(F)F)C2)c2ccccc12)c1ccnc(C(F)(F)F)c1. The van der Waals surface area contributed by atoms with Crippen LogP contribution < -0.4 is 10.2 Å². The van der Waals surface area contributed by atoms with Crippen molar-refractivity contribution < 1.29 is 31.4 Å². The molecule has 1 aliphatic rings. The number of benzene rings is 1. The molecule has 0 saturated carbocycles. The van der Waals surface area contributed by atoms with Crippen LogP contribution in [0.5, 0.6) is 0 Å². The van der Waals surface area contributed by atoms with E-state index in [-0.39, 0.29) is 24.6 Å². The van der Waals surface area contributed by atoms with Gasteiger partial charge in [0, 0.05) is 30.1 Å². The smallest absolute Gasteiger partial charge is 0.395 e. The van der Waals surface area contributed by atoms with Crippen LogP contribution in [0.4, 0.5) is 38.0 Å². The lowest BCUT2D eigenvalue weighted by atomic mass is 9.87. The molecule has 3 aromatic rings. The fourth-order valence-electron chi connectivity index (χ4n) is 4.09. The fourth-order valence-corrected chi connectivity index (χ4v) is 4.09. The van der Waals surface area contributed by atoms with Crippen LogP contribution in [0.3, 0.4) is 0 Å². The molecule has 1 aliphatic heterocycles. The first-order valence-corrected chi connectivity index (χ1v) is 10.4. The number of alkyl halides is 6. The summed E-state index contributed by atoms with van der Waals surface area (Å²) in [6.45, 7) is 0.214. The summed E-state index contributed by atoms with van der Waals surface area (Å²) in [7, 11) is 0. The number of pyridine rings is 1. The molecule has 2 N–H and O–H groups in total. The maximum Gasteiger partial charge on any atom is 0.433 e. The van der Waals surface area contributed by atoms with Crippen molar-refractivity contribution in [2.24, 2.45) is 5.41 Å². The molecule has 34 heavy (non-hydrogen) atoms.